The first-order valence-corrected chi connectivity index (χ1v) is 12.2. The molecule has 2 aromatic rings. The van der Waals surface area contributed by atoms with E-state index < -0.39 is 0 Å². The highest BCUT2D eigenvalue weighted by atomic mass is 32.2. The fraction of sp³-hybridized carbons (Fsp3) is 0.522. The second-order valence-corrected chi connectivity index (χ2v) is 9.94. The number of likely N-dealkylation sites (tertiary alicyclic amines) is 1. The minimum Gasteiger partial charge on any atom is -0.367 e. The third-order valence-electron chi connectivity index (χ3n) is 6.61. The summed E-state index contributed by atoms with van der Waals surface area (Å²) in [5.41, 5.74) is 6.95. The molecule has 0 radical (unpaired) electrons. The van der Waals surface area contributed by atoms with Crippen LogP contribution in [0.25, 0.3) is 0 Å². The van der Waals surface area contributed by atoms with Gasteiger partial charge in [0.05, 0.1) is 6.20 Å². The zero-order chi connectivity index (χ0) is 21.2. The standard InChI is InChI=1S/C23H31N7S/c1-17-5-3-6-19(13-17)30-11-7-18-15-29(16-21(18)30)10-4-12-31-23-27-26-22(28(23)2)20-14-24-8-9-25-20/h3,5-6,8-9,13-14,18,21,23,27H,4,7,10-12,15-16H2,1-2H3. The van der Waals surface area contributed by atoms with E-state index in [2.05, 4.69) is 73.4 Å². The molecule has 0 aliphatic carbocycles. The van der Waals surface area contributed by atoms with Crippen molar-refractivity contribution in [3.63, 3.8) is 0 Å². The Hall–Kier alpha value is -2.32. The van der Waals surface area contributed by atoms with Gasteiger partial charge in [0.15, 0.2) is 11.3 Å². The minimum atomic E-state index is 0.159. The first-order valence-electron chi connectivity index (χ1n) is 11.2. The summed E-state index contributed by atoms with van der Waals surface area (Å²) in [6.07, 6.45) is 7.67. The molecule has 2 fully saturated rings. The number of aromatic nitrogens is 2. The fourth-order valence-corrected chi connectivity index (χ4v) is 6.01. The zero-order valence-electron chi connectivity index (χ0n) is 18.3. The molecule has 1 aromatic carbocycles. The number of thioether (sulfide) groups is 1. The molecule has 0 amide bonds. The van der Waals surface area contributed by atoms with Crippen molar-refractivity contribution >= 4 is 23.3 Å². The molecule has 0 spiro atoms. The van der Waals surface area contributed by atoms with Crippen molar-refractivity contribution in [1.29, 1.82) is 0 Å². The van der Waals surface area contributed by atoms with Crippen LogP contribution in [0.2, 0.25) is 0 Å². The number of nitrogens with zero attached hydrogens (tertiary/aromatic N) is 6. The van der Waals surface area contributed by atoms with Crippen LogP contribution in [0.3, 0.4) is 0 Å². The lowest BCUT2D eigenvalue weighted by molar-refractivity contribution is 0.318. The smallest absolute Gasteiger partial charge is 0.178 e. The number of hydrazone groups is 1. The number of hydrogen-bond acceptors (Lipinski definition) is 8. The maximum atomic E-state index is 4.46. The molecule has 1 aromatic heterocycles. The molecule has 1 N–H and O–H groups in total. The van der Waals surface area contributed by atoms with Gasteiger partial charge in [-0.3, -0.25) is 10.4 Å². The summed E-state index contributed by atoms with van der Waals surface area (Å²) in [6.45, 7) is 7.02. The summed E-state index contributed by atoms with van der Waals surface area (Å²) in [5, 5.41) is 4.46. The van der Waals surface area contributed by atoms with Crippen LogP contribution in [-0.2, 0) is 0 Å². The number of amidine groups is 1. The minimum absolute atomic E-state index is 0.159. The van der Waals surface area contributed by atoms with Crippen molar-refractivity contribution in [1.82, 2.24) is 25.2 Å². The SMILES string of the molecule is Cc1cccc(N2CCC3CN(CCCSC4NN=C(c5cnccn5)N4C)CC32)c1. The highest BCUT2D eigenvalue weighted by Crippen LogP contribution is 2.35. The van der Waals surface area contributed by atoms with Gasteiger partial charge in [-0.1, -0.05) is 12.1 Å². The molecule has 2 saturated heterocycles. The summed E-state index contributed by atoms with van der Waals surface area (Å²) >= 11 is 1.91. The highest BCUT2D eigenvalue weighted by Gasteiger charge is 2.41. The van der Waals surface area contributed by atoms with Gasteiger partial charge in [-0.2, -0.15) is 5.10 Å². The van der Waals surface area contributed by atoms with Crippen LogP contribution >= 0.6 is 11.8 Å². The first kappa shape index (κ1) is 20.6. The quantitative estimate of drug-likeness (QED) is 0.668. The summed E-state index contributed by atoms with van der Waals surface area (Å²) in [4.78, 5) is 16.0. The Morgan fingerprint density at radius 2 is 2.16 bits per heavy atom. The number of hydrogen-bond donors (Lipinski definition) is 1. The Morgan fingerprint density at radius 3 is 3.00 bits per heavy atom. The Balaban J connectivity index is 1.07. The molecule has 4 heterocycles. The number of fused-ring (bicyclic) bond motifs is 1. The molecule has 3 unspecified atom stereocenters. The summed E-state index contributed by atoms with van der Waals surface area (Å²) in [6, 6.07) is 9.67. The maximum absolute atomic E-state index is 4.46. The predicted molar refractivity (Wildman–Crippen MR) is 127 cm³/mol. The van der Waals surface area contributed by atoms with Crippen LogP contribution in [0.1, 0.15) is 24.1 Å². The van der Waals surface area contributed by atoms with Gasteiger partial charge < -0.3 is 14.7 Å². The number of rotatable bonds is 7. The van der Waals surface area contributed by atoms with Gasteiger partial charge >= 0.3 is 0 Å². The number of nitrogens with one attached hydrogen (secondary N) is 1. The van der Waals surface area contributed by atoms with Crippen molar-refractivity contribution in [2.75, 3.05) is 43.9 Å². The first-order chi connectivity index (χ1) is 15.2. The van der Waals surface area contributed by atoms with Crippen LogP contribution in [0, 0.1) is 12.8 Å². The second-order valence-electron chi connectivity index (χ2n) is 8.75. The molecule has 0 saturated carbocycles. The van der Waals surface area contributed by atoms with E-state index in [1.54, 1.807) is 18.6 Å². The van der Waals surface area contributed by atoms with Gasteiger partial charge in [-0.15, -0.1) is 11.8 Å². The van der Waals surface area contributed by atoms with Gasteiger partial charge in [-0.25, -0.2) is 4.98 Å². The van der Waals surface area contributed by atoms with Gasteiger partial charge in [0.25, 0.3) is 0 Å². The van der Waals surface area contributed by atoms with Crippen LogP contribution in [0.15, 0.2) is 48.0 Å². The Morgan fingerprint density at radius 1 is 1.23 bits per heavy atom. The normalized spacial score (nSPS) is 25.6. The number of benzene rings is 1. The van der Waals surface area contributed by atoms with Crippen molar-refractivity contribution < 1.29 is 0 Å². The molecular weight excluding hydrogens is 406 g/mol. The average molecular weight is 438 g/mol. The Bertz CT molecular complexity index is 921. The molecule has 7 nitrogen and oxygen atoms in total. The molecule has 3 aliphatic rings. The lowest BCUT2D eigenvalue weighted by Gasteiger charge is -2.27. The summed E-state index contributed by atoms with van der Waals surface area (Å²) in [7, 11) is 2.06. The maximum Gasteiger partial charge on any atom is 0.178 e. The topological polar surface area (TPSA) is 59.9 Å². The van der Waals surface area contributed by atoms with Crippen LogP contribution < -0.4 is 10.3 Å². The molecule has 164 valence electrons. The van der Waals surface area contributed by atoms with E-state index in [1.165, 1.54) is 50.3 Å². The average Bonchev–Trinajstić information content (AvgIpc) is 3.46. The van der Waals surface area contributed by atoms with Crippen molar-refractivity contribution in [2.24, 2.45) is 11.0 Å². The van der Waals surface area contributed by atoms with E-state index in [0.717, 1.165) is 23.2 Å². The van der Waals surface area contributed by atoms with Crippen LogP contribution in [0.5, 0.6) is 0 Å². The zero-order valence-corrected chi connectivity index (χ0v) is 19.1. The van der Waals surface area contributed by atoms with Gasteiger partial charge in [-0.05, 0) is 55.7 Å². The molecule has 0 bridgehead atoms. The lowest BCUT2D eigenvalue weighted by Crippen LogP contribution is -2.36. The monoisotopic (exact) mass is 437 g/mol. The predicted octanol–water partition coefficient (Wildman–Crippen LogP) is 2.60. The van der Waals surface area contributed by atoms with E-state index in [4.69, 9.17) is 0 Å². The van der Waals surface area contributed by atoms with E-state index in [1.807, 2.05) is 11.8 Å². The van der Waals surface area contributed by atoms with Gasteiger partial charge in [0.1, 0.15) is 5.69 Å². The Kier molecular flexibility index (Phi) is 6.00. The molecule has 3 aliphatic heterocycles. The summed E-state index contributed by atoms with van der Waals surface area (Å²) in [5.74, 6) is 2.78. The van der Waals surface area contributed by atoms with Crippen LogP contribution in [-0.4, -0.2) is 76.1 Å². The van der Waals surface area contributed by atoms with Crippen LogP contribution in [0.4, 0.5) is 5.69 Å². The molecular formula is C23H31N7S. The molecule has 3 atom stereocenters. The lowest BCUT2D eigenvalue weighted by atomic mass is 10.0. The molecule has 8 heteroatoms. The Labute approximate surface area is 188 Å². The fourth-order valence-electron chi connectivity index (χ4n) is 5.04. The largest absolute Gasteiger partial charge is 0.367 e. The molecule has 5 rings (SSSR count). The van der Waals surface area contributed by atoms with E-state index in [9.17, 15) is 0 Å². The third kappa shape index (κ3) is 4.36. The second kappa shape index (κ2) is 9.04. The van der Waals surface area contributed by atoms with Gasteiger partial charge in [0.2, 0.25) is 0 Å². The van der Waals surface area contributed by atoms with Crippen molar-refractivity contribution in [2.45, 2.75) is 31.3 Å². The van der Waals surface area contributed by atoms with E-state index in [-0.39, 0.29) is 5.50 Å². The summed E-state index contributed by atoms with van der Waals surface area (Å²) < 4.78 is 0. The van der Waals surface area contributed by atoms with E-state index in [0.29, 0.717) is 6.04 Å². The number of anilines is 1. The van der Waals surface area contributed by atoms with Crippen molar-refractivity contribution in [3.05, 3.63) is 54.1 Å². The van der Waals surface area contributed by atoms with Gasteiger partial charge in [0, 0.05) is 50.8 Å². The van der Waals surface area contributed by atoms with E-state index >= 15 is 0 Å². The number of aryl methyl sites for hydroxylation is 1. The highest BCUT2D eigenvalue weighted by molar-refractivity contribution is 7.99. The third-order valence-corrected chi connectivity index (χ3v) is 7.87. The van der Waals surface area contributed by atoms with Crippen molar-refractivity contribution in [3.8, 4) is 0 Å². The molecule has 31 heavy (non-hydrogen) atoms.